The van der Waals surface area contributed by atoms with Gasteiger partial charge in [0.05, 0.1) is 7.11 Å². The van der Waals surface area contributed by atoms with E-state index in [1.54, 1.807) is 0 Å². The van der Waals surface area contributed by atoms with E-state index in [1.807, 2.05) is 0 Å². The maximum absolute atomic E-state index is 13.1. The molecule has 0 amide bonds. The Balaban J connectivity index is 3.12. The van der Waals surface area contributed by atoms with Crippen LogP contribution >= 0.6 is 0 Å². The van der Waals surface area contributed by atoms with E-state index < -0.39 is 23.3 Å². The van der Waals surface area contributed by atoms with Gasteiger partial charge in [0, 0.05) is 14.2 Å². The fraction of sp³-hybridized carbons (Fsp3) is 0.714. The van der Waals surface area contributed by atoms with Crippen molar-refractivity contribution in [2.24, 2.45) is 0 Å². The average Bonchev–Trinajstić information content (AvgIpc) is 2.07. The van der Waals surface area contributed by atoms with Gasteiger partial charge in [0.2, 0.25) is 11.6 Å². The molecule has 0 heterocycles. The highest BCUT2D eigenvalue weighted by molar-refractivity contribution is 5.36. The summed E-state index contributed by atoms with van der Waals surface area (Å²) in [5, 5.41) is 0. The molecule has 0 saturated heterocycles. The topological polar surface area (TPSA) is 27.7 Å². The molecule has 0 spiro atoms. The Kier molecular flexibility index (Phi) is 2.29. The fourth-order valence-corrected chi connectivity index (χ4v) is 1.25. The van der Waals surface area contributed by atoms with Crippen molar-refractivity contribution in [1.82, 2.24) is 0 Å². The Morgan fingerprint density at radius 1 is 1.08 bits per heavy atom. The standard InChI is InChI=1S/C7H9F3O3/c1-11-5-4(8)7(12-2,13-3)6(5,9)10/h1-3H3. The van der Waals surface area contributed by atoms with Crippen LogP contribution in [-0.2, 0) is 14.2 Å². The summed E-state index contributed by atoms with van der Waals surface area (Å²) in [7, 11) is 2.82. The molecule has 0 aromatic rings. The van der Waals surface area contributed by atoms with E-state index in [-0.39, 0.29) is 0 Å². The van der Waals surface area contributed by atoms with E-state index in [9.17, 15) is 13.2 Å². The van der Waals surface area contributed by atoms with E-state index in [1.165, 1.54) is 0 Å². The van der Waals surface area contributed by atoms with Crippen molar-refractivity contribution in [3.63, 3.8) is 0 Å². The molecule has 0 atom stereocenters. The van der Waals surface area contributed by atoms with Gasteiger partial charge in [-0.2, -0.15) is 8.78 Å². The first-order valence-corrected chi connectivity index (χ1v) is 3.40. The SMILES string of the molecule is COC1=C(F)C(OC)(OC)C1(F)F. The highest BCUT2D eigenvalue weighted by atomic mass is 19.3. The van der Waals surface area contributed by atoms with Crippen LogP contribution < -0.4 is 0 Å². The summed E-state index contributed by atoms with van der Waals surface area (Å²) in [5.74, 6) is -8.48. The Hall–Kier alpha value is -0.750. The molecule has 1 rings (SSSR count). The highest BCUT2D eigenvalue weighted by Gasteiger charge is 2.73. The molecule has 1 aliphatic rings. The maximum Gasteiger partial charge on any atom is 0.366 e. The van der Waals surface area contributed by atoms with E-state index in [4.69, 9.17) is 0 Å². The second-order valence-corrected chi connectivity index (χ2v) is 2.45. The molecule has 3 nitrogen and oxygen atoms in total. The van der Waals surface area contributed by atoms with Gasteiger partial charge < -0.3 is 14.2 Å². The summed E-state index contributed by atoms with van der Waals surface area (Å²) in [4.78, 5) is 0. The Morgan fingerprint density at radius 3 is 1.77 bits per heavy atom. The van der Waals surface area contributed by atoms with Crippen molar-refractivity contribution in [2.75, 3.05) is 21.3 Å². The van der Waals surface area contributed by atoms with E-state index >= 15 is 0 Å². The molecule has 0 fully saturated rings. The largest absolute Gasteiger partial charge is 0.492 e. The minimum Gasteiger partial charge on any atom is -0.492 e. The molecular formula is C7H9F3O3. The van der Waals surface area contributed by atoms with Crippen LogP contribution in [0.2, 0.25) is 0 Å². The molecule has 0 N–H and O–H groups in total. The minimum absolute atomic E-state index is 0.934. The molecule has 0 aromatic heterocycles. The monoisotopic (exact) mass is 198 g/mol. The average molecular weight is 198 g/mol. The third-order valence-electron chi connectivity index (χ3n) is 1.97. The van der Waals surface area contributed by atoms with Gasteiger partial charge in [-0.1, -0.05) is 0 Å². The number of rotatable bonds is 3. The van der Waals surface area contributed by atoms with Gasteiger partial charge in [-0.15, -0.1) is 0 Å². The molecule has 13 heavy (non-hydrogen) atoms. The third-order valence-corrected chi connectivity index (χ3v) is 1.97. The van der Waals surface area contributed by atoms with Gasteiger partial charge in [-0.3, -0.25) is 0 Å². The maximum atomic E-state index is 13.1. The van der Waals surface area contributed by atoms with Crippen LogP contribution in [0.25, 0.3) is 0 Å². The lowest BCUT2D eigenvalue weighted by atomic mass is 9.92. The quantitative estimate of drug-likeness (QED) is 0.642. The van der Waals surface area contributed by atoms with Gasteiger partial charge in [0.15, 0.2) is 0 Å². The Bertz CT molecular complexity index is 245. The van der Waals surface area contributed by atoms with Crippen LogP contribution in [0.5, 0.6) is 0 Å². The lowest BCUT2D eigenvalue weighted by molar-refractivity contribution is -0.329. The Labute approximate surface area is 73.1 Å². The van der Waals surface area contributed by atoms with Crippen molar-refractivity contribution < 1.29 is 27.4 Å². The fourth-order valence-electron chi connectivity index (χ4n) is 1.25. The van der Waals surface area contributed by atoms with E-state index in [0.717, 1.165) is 21.3 Å². The van der Waals surface area contributed by atoms with Crippen molar-refractivity contribution in [3.05, 3.63) is 11.6 Å². The molecule has 0 radical (unpaired) electrons. The summed E-state index contributed by atoms with van der Waals surface area (Å²) >= 11 is 0. The summed E-state index contributed by atoms with van der Waals surface area (Å²) in [5.41, 5.74) is 0. The Morgan fingerprint density at radius 2 is 1.54 bits per heavy atom. The lowest BCUT2D eigenvalue weighted by Gasteiger charge is -2.43. The van der Waals surface area contributed by atoms with Crippen molar-refractivity contribution in [1.29, 1.82) is 0 Å². The van der Waals surface area contributed by atoms with Crippen molar-refractivity contribution >= 4 is 0 Å². The molecule has 0 saturated carbocycles. The zero-order valence-corrected chi connectivity index (χ0v) is 7.36. The predicted octanol–water partition coefficient (Wildman–Crippen LogP) is 1.45. The summed E-state index contributed by atoms with van der Waals surface area (Å²) in [6.45, 7) is 0. The smallest absolute Gasteiger partial charge is 0.366 e. The molecule has 76 valence electrons. The number of methoxy groups -OCH3 is 3. The van der Waals surface area contributed by atoms with Crippen molar-refractivity contribution in [3.8, 4) is 0 Å². The number of halogens is 3. The second kappa shape index (κ2) is 2.88. The van der Waals surface area contributed by atoms with Gasteiger partial charge in [-0.25, -0.2) is 4.39 Å². The van der Waals surface area contributed by atoms with Gasteiger partial charge in [-0.05, 0) is 0 Å². The van der Waals surface area contributed by atoms with Crippen LogP contribution in [0.3, 0.4) is 0 Å². The molecule has 0 aliphatic heterocycles. The summed E-state index contributed by atoms with van der Waals surface area (Å²) < 4.78 is 52.0. The number of ether oxygens (including phenoxy) is 3. The third kappa shape index (κ3) is 0.926. The summed E-state index contributed by atoms with van der Waals surface area (Å²) in [6, 6.07) is 0. The molecule has 1 aliphatic carbocycles. The minimum atomic E-state index is -3.59. The second-order valence-electron chi connectivity index (χ2n) is 2.45. The van der Waals surface area contributed by atoms with Crippen LogP contribution in [0.1, 0.15) is 0 Å². The number of alkyl halides is 2. The van der Waals surface area contributed by atoms with Gasteiger partial charge in [0.1, 0.15) is 0 Å². The predicted molar refractivity (Wildman–Crippen MR) is 36.8 cm³/mol. The molecule has 0 unspecified atom stereocenters. The highest BCUT2D eigenvalue weighted by Crippen LogP contribution is 2.54. The molecule has 0 bridgehead atoms. The number of hydrogen-bond donors (Lipinski definition) is 0. The first kappa shape index (κ1) is 10.3. The first-order valence-electron chi connectivity index (χ1n) is 3.40. The van der Waals surface area contributed by atoms with E-state index in [2.05, 4.69) is 14.2 Å². The zero-order valence-electron chi connectivity index (χ0n) is 7.36. The summed E-state index contributed by atoms with van der Waals surface area (Å²) in [6.07, 6.45) is 0. The molecule has 6 heteroatoms. The number of hydrogen-bond acceptors (Lipinski definition) is 3. The van der Waals surface area contributed by atoms with E-state index in [0.29, 0.717) is 0 Å². The van der Waals surface area contributed by atoms with Crippen LogP contribution in [0, 0.1) is 0 Å². The lowest BCUT2D eigenvalue weighted by Crippen LogP contribution is -2.61. The van der Waals surface area contributed by atoms with Crippen LogP contribution in [0.4, 0.5) is 13.2 Å². The zero-order chi connectivity index (χ0) is 10.3. The van der Waals surface area contributed by atoms with Crippen LogP contribution in [-0.4, -0.2) is 33.0 Å². The van der Waals surface area contributed by atoms with Gasteiger partial charge >= 0.3 is 5.92 Å². The van der Waals surface area contributed by atoms with Crippen LogP contribution in [0.15, 0.2) is 11.6 Å². The van der Waals surface area contributed by atoms with Crippen molar-refractivity contribution in [2.45, 2.75) is 11.7 Å². The molecular weight excluding hydrogens is 189 g/mol. The first-order chi connectivity index (χ1) is 5.97. The molecule has 0 aromatic carbocycles. The normalized spacial score (nSPS) is 24.2. The van der Waals surface area contributed by atoms with Gasteiger partial charge in [0.25, 0.3) is 5.79 Å².